The molecule has 1 aromatic rings. The van der Waals surface area contributed by atoms with Crippen molar-refractivity contribution in [2.75, 3.05) is 18.1 Å². The number of thiocarbonyl (C=S) groups is 1. The molecule has 8 heteroatoms. The molecule has 0 aliphatic carbocycles. The van der Waals surface area contributed by atoms with Gasteiger partial charge in [0.1, 0.15) is 0 Å². The van der Waals surface area contributed by atoms with Crippen LogP contribution in [0.2, 0.25) is 0 Å². The molecule has 1 saturated heterocycles. The van der Waals surface area contributed by atoms with Crippen LogP contribution in [0.15, 0.2) is 30.3 Å². The molecular weight excluding hydrogens is 334 g/mol. The van der Waals surface area contributed by atoms with Gasteiger partial charge >= 0.3 is 0 Å². The molecule has 1 aliphatic rings. The summed E-state index contributed by atoms with van der Waals surface area (Å²) in [5.41, 5.74) is 6.34. The largest absolute Gasteiger partial charge is 0.361 e. The third kappa shape index (κ3) is 6.54. The molecule has 0 bridgehead atoms. The summed E-state index contributed by atoms with van der Waals surface area (Å²) in [7, 11) is -2.95. The number of sulfone groups is 1. The summed E-state index contributed by atoms with van der Waals surface area (Å²) in [5, 5.41) is 3.34. The SMILES string of the molecule is O=C(C[C@@H]1CCS(=O)(=O)C1)NNC(=S)NCCc1ccccc1. The fraction of sp³-hybridized carbons (Fsp3) is 0.467. The van der Waals surface area contributed by atoms with E-state index in [2.05, 4.69) is 16.2 Å². The molecule has 0 aromatic heterocycles. The predicted molar refractivity (Wildman–Crippen MR) is 93.4 cm³/mol. The van der Waals surface area contributed by atoms with Gasteiger partial charge in [0.15, 0.2) is 14.9 Å². The molecule has 2 rings (SSSR count). The minimum absolute atomic E-state index is 0.0959. The van der Waals surface area contributed by atoms with Crippen molar-refractivity contribution in [2.45, 2.75) is 19.3 Å². The third-order valence-corrected chi connectivity index (χ3v) is 5.74. The Hall–Kier alpha value is -1.67. The maximum Gasteiger partial charge on any atom is 0.238 e. The number of rotatable bonds is 5. The molecule has 0 spiro atoms. The summed E-state index contributed by atoms with van der Waals surface area (Å²) in [6.07, 6.45) is 1.57. The van der Waals surface area contributed by atoms with Crippen molar-refractivity contribution in [1.29, 1.82) is 0 Å². The number of hydrogen-bond donors (Lipinski definition) is 3. The van der Waals surface area contributed by atoms with Gasteiger partial charge in [-0.1, -0.05) is 30.3 Å². The van der Waals surface area contributed by atoms with Gasteiger partial charge < -0.3 is 5.32 Å². The maximum absolute atomic E-state index is 11.8. The van der Waals surface area contributed by atoms with Gasteiger partial charge in [0.2, 0.25) is 5.91 Å². The Morgan fingerprint density at radius 3 is 2.61 bits per heavy atom. The van der Waals surface area contributed by atoms with E-state index in [4.69, 9.17) is 12.2 Å². The van der Waals surface area contributed by atoms with E-state index in [0.29, 0.717) is 18.1 Å². The van der Waals surface area contributed by atoms with E-state index in [1.165, 1.54) is 5.56 Å². The fourth-order valence-electron chi connectivity index (χ4n) is 2.48. The molecule has 0 radical (unpaired) electrons. The van der Waals surface area contributed by atoms with E-state index in [9.17, 15) is 13.2 Å². The van der Waals surface area contributed by atoms with Crippen LogP contribution >= 0.6 is 12.2 Å². The summed E-state index contributed by atoms with van der Waals surface area (Å²) >= 11 is 5.07. The minimum Gasteiger partial charge on any atom is -0.361 e. The van der Waals surface area contributed by atoms with E-state index >= 15 is 0 Å². The summed E-state index contributed by atoms with van der Waals surface area (Å²) in [6, 6.07) is 10.0. The molecule has 126 valence electrons. The van der Waals surface area contributed by atoms with E-state index < -0.39 is 9.84 Å². The van der Waals surface area contributed by atoms with Crippen LogP contribution in [0, 0.1) is 5.92 Å². The molecule has 1 aliphatic heterocycles. The van der Waals surface area contributed by atoms with Crippen molar-refractivity contribution in [1.82, 2.24) is 16.2 Å². The van der Waals surface area contributed by atoms with Crippen LogP contribution in [-0.4, -0.2) is 37.5 Å². The number of amides is 1. The Morgan fingerprint density at radius 2 is 1.96 bits per heavy atom. The highest BCUT2D eigenvalue weighted by molar-refractivity contribution is 7.91. The van der Waals surface area contributed by atoms with E-state index in [0.717, 1.165) is 6.42 Å². The lowest BCUT2D eigenvalue weighted by Crippen LogP contribution is -2.47. The second-order valence-corrected chi connectivity index (χ2v) is 8.27. The summed E-state index contributed by atoms with van der Waals surface area (Å²) in [4.78, 5) is 11.8. The summed E-state index contributed by atoms with van der Waals surface area (Å²) in [5.74, 6) is -0.0707. The van der Waals surface area contributed by atoms with Crippen molar-refractivity contribution in [3.63, 3.8) is 0 Å². The van der Waals surface area contributed by atoms with Gasteiger partial charge in [-0.3, -0.25) is 15.6 Å². The quantitative estimate of drug-likeness (QED) is 0.528. The maximum atomic E-state index is 11.8. The highest BCUT2D eigenvalue weighted by atomic mass is 32.2. The van der Waals surface area contributed by atoms with Gasteiger partial charge in [0.25, 0.3) is 0 Å². The number of carbonyl (C=O) groups is 1. The first-order chi connectivity index (χ1) is 10.9. The Balaban J connectivity index is 1.59. The topological polar surface area (TPSA) is 87.3 Å². The molecule has 3 N–H and O–H groups in total. The van der Waals surface area contributed by atoms with Crippen LogP contribution in [0.4, 0.5) is 0 Å². The average molecular weight is 355 g/mol. The van der Waals surface area contributed by atoms with Crippen LogP contribution < -0.4 is 16.2 Å². The number of benzene rings is 1. The van der Waals surface area contributed by atoms with Crippen molar-refractivity contribution in [3.8, 4) is 0 Å². The van der Waals surface area contributed by atoms with Crippen LogP contribution in [0.3, 0.4) is 0 Å². The molecule has 1 aromatic carbocycles. The van der Waals surface area contributed by atoms with Gasteiger partial charge in [0.05, 0.1) is 11.5 Å². The number of hydrazine groups is 1. The molecule has 0 unspecified atom stereocenters. The average Bonchev–Trinajstić information content (AvgIpc) is 2.85. The highest BCUT2D eigenvalue weighted by Crippen LogP contribution is 2.21. The van der Waals surface area contributed by atoms with Crippen LogP contribution in [0.25, 0.3) is 0 Å². The predicted octanol–water partition coefficient (Wildman–Crippen LogP) is 0.549. The van der Waals surface area contributed by atoms with Gasteiger partial charge in [0, 0.05) is 13.0 Å². The smallest absolute Gasteiger partial charge is 0.238 e. The lowest BCUT2D eigenvalue weighted by Gasteiger charge is -2.13. The zero-order valence-electron chi connectivity index (χ0n) is 12.7. The van der Waals surface area contributed by atoms with E-state index in [1.807, 2.05) is 30.3 Å². The van der Waals surface area contributed by atoms with Gasteiger partial charge in [-0.25, -0.2) is 8.42 Å². The van der Waals surface area contributed by atoms with Crippen molar-refractivity contribution < 1.29 is 13.2 Å². The van der Waals surface area contributed by atoms with Crippen LogP contribution in [-0.2, 0) is 21.1 Å². The van der Waals surface area contributed by atoms with Crippen LogP contribution in [0.1, 0.15) is 18.4 Å². The molecule has 1 fully saturated rings. The fourth-order valence-corrected chi connectivity index (χ4v) is 4.50. The highest BCUT2D eigenvalue weighted by Gasteiger charge is 2.29. The normalized spacial score (nSPS) is 19.0. The van der Waals surface area contributed by atoms with E-state index in [-0.39, 0.29) is 29.8 Å². The van der Waals surface area contributed by atoms with Crippen molar-refractivity contribution >= 4 is 33.1 Å². The van der Waals surface area contributed by atoms with E-state index in [1.54, 1.807) is 0 Å². The molecule has 1 amide bonds. The summed E-state index contributed by atoms with van der Waals surface area (Å²) < 4.78 is 22.7. The number of hydrogen-bond acceptors (Lipinski definition) is 4. The molecule has 0 saturated carbocycles. The lowest BCUT2D eigenvalue weighted by molar-refractivity contribution is -0.122. The molecule has 6 nitrogen and oxygen atoms in total. The van der Waals surface area contributed by atoms with Gasteiger partial charge in [-0.15, -0.1) is 0 Å². The minimum atomic E-state index is -2.95. The monoisotopic (exact) mass is 355 g/mol. The van der Waals surface area contributed by atoms with Gasteiger partial charge in [-0.2, -0.15) is 0 Å². The third-order valence-electron chi connectivity index (χ3n) is 3.66. The van der Waals surface area contributed by atoms with Crippen LogP contribution in [0.5, 0.6) is 0 Å². The zero-order valence-corrected chi connectivity index (χ0v) is 14.4. The Labute approximate surface area is 141 Å². The number of nitrogens with one attached hydrogen (secondary N) is 3. The molecular formula is C15H21N3O3S2. The Morgan fingerprint density at radius 1 is 1.22 bits per heavy atom. The Bertz CT molecular complexity index is 647. The van der Waals surface area contributed by atoms with Gasteiger partial charge in [-0.05, 0) is 36.5 Å². The standard InChI is InChI=1S/C15H21N3O3S2/c19-14(10-13-7-9-23(20,21)11-13)17-18-15(22)16-8-6-12-4-2-1-3-5-12/h1-5,13H,6-11H2,(H,17,19)(H2,16,18,22)/t13-/m0/s1. The Kier molecular flexibility index (Phi) is 6.35. The first-order valence-electron chi connectivity index (χ1n) is 7.52. The summed E-state index contributed by atoms with van der Waals surface area (Å²) in [6.45, 7) is 0.659. The second kappa shape index (κ2) is 8.26. The lowest BCUT2D eigenvalue weighted by atomic mass is 10.1. The van der Waals surface area contributed by atoms with Crippen molar-refractivity contribution in [2.24, 2.45) is 5.92 Å². The molecule has 23 heavy (non-hydrogen) atoms. The van der Waals surface area contributed by atoms with Crippen molar-refractivity contribution in [3.05, 3.63) is 35.9 Å². The molecule has 1 atom stereocenters. The second-order valence-electron chi connectivity index (χ2n) is 5.64. The zero-order chi connectivity index (χ0) is 16.7. The first-order valence-corrected chi connectivity index (χ1v) is 9.74. The first kappa shape index (κ1) is 17.7. The molecule has 1 heterocycles. The number of carbonyl (C=O) groups excluding carboxylic acids is 1.